The summed E-state index contributed by atoms with van der Waals surface area (Å²) in [5.41, 5.74) is 12.7. The number of para-hydroxylation sites is 3. The average molecular weight is 902 g/mol. The summed E-state index contributed by atoms with van der Waals surface area (Å²) in [6.07, 6.45) is 3.93. The number of rotatable bonds is 5. The molecule has 10 rings (SSSR count). The molecule has 5 heterocycles. The van der Waals surface area contributed by atoms with Crippen LogP contribution in [0.3, 0.4) is 0 Å². The number of thiophene rings is 1. The van der Waals surface area contributed by atoms with E-state index in [-0.39, 0.29) is 25.5 Å². The first-order chi connectivity index (χ1) is 25.7. The predicted molar refractivity (Wildman–Crippen MR) is 220 cm³/mol. The second-order valence-electron chi connectivity index (χ2n) is 14.9. The van der Waals surface area contributed by atoms with Gasteiger partial charge in [-0.1, -0.05) is 107 Å². The Morgan fingerprint density at radius 2 is 1.54 bits per heavy atom. The first-order valence-corrected chi connectivity index (χ1v) is 19.2. The van der Waals surface area contributed by atoms with Crippen molar-refractivity contribution in [1.82, 2.24) is 9.55 Å². The molecule has 0 fully saturated rings. The Balaban J connectivity index is 0.000000156. The average Bonchev–Trinajstić information content (AvgIpc) is 3.99. The van der Waals surface area contributed by atoms with Crippen LogP contribution >= 0.6 is 11.3 Å². The summed E-state index contributed by atoms with van der Waals surface area (Å²) in [4.78, 5) is 9.17. The third kappa shape index (κ3) is 5.72. The van der Waals surface area contributed by atoms with E-state index in [1.165, 1.54) is 44.3 Å². The molecule has 2 aliphatic rings. The fourth-order valence-electron chi connectivity index (χ4n) is 8.10. The molecular formula is C47H41IrN4OS. The molecule has 0 aliphatic carbocycles. The molecule has 3 aromatic heterocycles. The molecule has 5 aromatic carbocycles. The van der Waals surface area contributed by atoms with E-state index in [9.17, 15) is 0 Å². The maximum atomic E-state index is 6.44. The predicted octanol–water partition coefficient (Wildman–Crippen LogP) is 13.1. The van der Waals surface area contributed by atoms with Crippen molar-refractivity contribution < 1.29 is 24.5 Å². The Kier molecular flexibility index (Phi) is 9.38. The van der Waals surface area contributed by atoms with Crippen LogP contribution in [0.5, 0.6) is 0 Å². The maximum absolute atomic E-state index is 6.44. The van der Waals surface area contributed by atoms with Crippen molar-refractivity contribution in [1.29, 1.82) is 0 Å². The third-order valence-corrected chi connectivity index (χ3v) is 11.5. The second-order valence-corrected chi connectivity index (χ2v) is 15.9. The number of imidazole rings is 1. The van der Waals surface area contributed by atoms with E-state index < -0.39 is 0 Å². The third-order valence-electron chi connectivity index (χ3n) is 10.7. The normalized spacial score (nSPS) is 13.9. The maximum Gasteiger partial charge on any atom is 3.00 e. The molecule has 0 saturated heterocycles. The van der Waals surface area contributed by atoms with Gasteiger partial charge in [-0.25, -0.2) is 0 Å². The van der Waals surface area contributed by atoms with E-state index in [1.807, 2.05) is 36.5 Å². The van der Waals surface area contributed by atoms with Crippen molar-refractivity contribution >= 4 is 55.3 Å². The molecule has 0 amide bonds. The van der Waals surface area contributed by atoms with Gasteiger partial charge in [0.2, 0.25) is 0 Å². The largest absolute Gasteiger partial charge is 3.00 e. The van der Waals surface area contributed by atoms with Crippen molar-refractivity contribution in [3.8, 4) is 17.1 Å². The number of aromatic nitrogens is 2. The van der Waals surface area contributed by atoms with Crippen LogP contribution in [-0.4, -0.2) is 9.55 Å². The fourth-order valence-corrected chi connectivity index (χ4v) is 8.81. The van der Waals surface area contributed by atoms with E-state index in [1.54, 1.807) is 11.3 Å². The van der Waals surface area contributed by atoms with Gasteiger partial charge in [0.1, 0.15) is 5.58 Å². The van der Waals surface area contributed by atoms with Crippen molar-refractivity contribution in [2.24, 2.45) is 0 Å². The Morgan fingerprint density at radius 1 is 0.778 bits per heavy atom. The van der Waals surface area contributed by atoms with Crippen molar-refractivity contribution in [2.75, 3.05) is 9.80 Å². The van der Waals surface area contributed by atoms with Gasteiger partial charge in [-0.3, -0.25) is 4.98 Å². The number of furan rings is 1. The van der Waals surface area contributed by atoms with Gasteiger partial charge in [0.25, 0.3) is 0 Å². The van der Waals surface area contributed by atoms with Gasteiger partial charge in [0.15, 0.2) is 0 Å². The van der Waals surface area contributed by atoms with Gasteiger partial charge in [-0.15, -0.1) is 53.9 Å². The SMILES string of the molecule is CC(C)c1cccc(C(C)C)c1-n1ccnc1-c1[c-]cccc1.CC1(C)c2cccc3c2N([CH-]N3c2cccs2)c2[c-]cc3c(oc4ccccc43)c21.[Ir+3]. The standard InChI is InChI=1S/C26H18N2OS.C21H23N2.Ir/c1-26(2)18-8-5-9-20-24(18)28(15-27(20)22-11-6-14-30-22)19-13-12-17-16-7-3-4-10-21(16)29-25(17)23(19)26;1-15(2)18-11-8-12-19(16(3)4)20(18)23-14-13-22-21(23)17-9-6-5-7-10-17;/h3-12,14-15H,1-2H3;5-9,11-16H,1-4H3;/q-2;-1;+3. The zero-order valence-electron chi connectivity index (χ0n) is 31.2. The quantitative estimate of drug-likeness (QED) is 0.161. The van der Waals surface area contributed by atoms with Crippen molar-refractivity contribution in [3.63, 3.8) is 0 Å². The molecule has 7 heteroatoms. The van der Waals surface area contributed by atoms with E-state index in [0.29, 0.717) is 11.8 Å². The smallest absolute Gasteiger partial charge is 0.493 e. The first-order valence-electron chi connectivity index (χ1n) is 18.3. The van der Waals surface area contributed by atoms with Crippen LogP contribution in [0.4, 0.5) is 22.1 Å². The Morgan fingerprint density at radius 3 is 2.26 bits per heavy atom. The molecule has 5 nitrogen and oxygen atoms in total. The van der Waals surface area contributed by atoms with Crippen LogP contribution in [0.2, 0.25) is 0 Å². The van der Waals surface area contributed by atoms with Gasteiger partial charge in [-0.2, -0.15) is 12.1 Å². The minimum atomic E-state index is -0.208. The zero-order valence-corrected chi connectivity index (χ0v) is 34.4. The minimum Gasteiger partial charge on any atom is -0.493 e. The second kappa shape index (κ2) is 14.0. The molecule has 54 heavy (non-hydrogen) atoms. The van der Waals surface area contributed by atoms with Crippen LogP contribution in [0, 0.1) is 18.8 Å². The monoisotopic (exact) mass is 902 g/mol. The summed E-state index contributed by atoms with van der Waals surface area (Å²) in [5, 5.41) is 5.61. The number of fused-ring (bicyclic) bond motifs is 6. The molecule has 0 bridgehead atoms. The Labute approximate surface area is 335 Å². The molecule has 0 spiro atoms. The number of anilines is 4. The van der Waals surface area contributed by atoms with Crippen LogP contribution in [0.15, 0.2) is 125 Å². The summed E-state index contributed by atoms with van der Waals surface area (Å²) in [5.74, 6) is 1.86. The molecule has 8 aromatic rings. The molecule has 0 saturated carbocycles. The van der Waals surface area contributed by atoms with Crippen LogP contribution in [-0.2, 0) is 25.5 Å². The molecule has 0 atom stereocenters. The van der Waals surface area contributed by atoms with E-state index in [2.05, 4.69) is 164 Å². The van der Waals surface area contributed by atoms with E-state index in [0.717, 1.165) is 39.0 Å². The minimum absolute atomic E-state index is 0. The van der Waals surface area contributed by atoms with Gasteiger partial charge >= 0.3 is 20.1 Å². The van der Waals surface area contributed by atoms with Gasteiger partial charge in [0.05, 0.1) is 10.8 Å². The summed E-state index contributed by atoms with van der Waals surface area (Å²) < 4.78 is 8.66. The molecule has 2 aliphatic heterocycles. The van der Waals surface area contributed by atoms with Crippen molar-refractivity contribution in [3.05, 3.63) is 162 Å². The fraction of sp³-hybridized carbons (Fsp3) is 0.191. The van der Waals surface area contributed by atoms with Gasteiger partial charge in [0, 0.05) is 35.0 Å². The summed E-state index contributed by atoms with van der Waals surface area (Å²) >= 11 is 1.75. The zero-order chi connectivity index (χ0) is 36.4. The molecule has 270 valence electrons. The van der Waals surface area contributed by atoms with E-state index >= 15 is 0 Å². The summed E-state index contributed by atoms with van der Waals surface area (Å²) in [6.45, 7) is 15.8. The van der Waals surface area contributed by atoms with E-state index in [4.69, 9.17) is 4.42 Å². The Bertz CT molecular complexity index is 2570. The van der Waals surface area contributed by atoms with Crippen molar-refractivity contribution in [2.45, 2.75) is 58.8 Å². The van der Waals surface area contributed by atoms with Gasteiger partial charge < -0.3 is 18.8 Å². The number of hydrogen-bond donors (Lipinski definition) is 0. The van der Waals surface area contributed by atoms with Crippen LogP contribution in [0.25, 0.3) is 39.0 Å². The molecular weight excluding hydrogens is 861 g/mol. The Hall–Kier alpha value is -4.94. The molecule has 0 radical (unpaired) electrons. The first kappa shape index (κ1) is 36.1. The van der Waals surface area contributed by atoms with Crippen LogP contribution < -0.4 is 9.80 Å². The van der Waals surface area contributed by atoms with Gasteiger partial charge in [-0.05, 0) is 69.0 Å². The summed E-state index contributed by atoms with van der Waals surface area (Å²) in [7, 11) is 0. The molecule has 0 N–H and O–H groups in total. The number of benzene rings is 5. The molecule has 0 unspecified atom stereocenters. The van der Waals surface area contributed by atoms with Crippen LogP contribution in [0.1, 0.15) is 75.6 Å². The summed E-state index contributed by atoms with van der Waals surface area (Å²) in [6, 6.07) is 42.8. The topological polar surface area (TPSA) is 37.4 Å². The number of nitrogens with zero attached hydrogens (tertiary/aromatic N) is 4. The number of hydrogen-bond acceptors (Lipinski definition) is 5.